The third-order valence-electron chi connectivity index (χ3n) is 2.74. The van der Waals surface area contributed by atoms with Crippen molar-refractivity contribution < 1.29 is 5.11 Å². The number of phenols is 1. The van der Waals surface area contributed by atoms with Crippen LogP contribution in [0.15, 0.2) is 47.6 Å². The summed E-state index contributed by atoms with van der Waals surface area (Å²) < 4.78 is 0. The van der Waals surface area contributed by atoms with E-state index in [0.717, 1.165) is 22.5 Å². The summed E-state index contributed by atoms with van der Waals surface area (Å²) in [4.78, 5) is 0. The number of nitrogens with one attached hydrogen (secondary N) is 1. The highest BCUT2D eigenvalue weighted by Crippen LogP contribution is 2.19. The number of aryl methyl sites for hydroxylation is 1. The van der Waals surface area contributed by atoms with Crippen LogP contribution in [0.2, 0.25) is 5.02 Å². The third-order valence-corrected chi connectivity index (χ3v) is 2.99. The summed E-state index contributed by atoms with van der Waals surface area (Å²) in [6.45, 7) is 3.82. The first-order chi connectivity index (χ1) is 9.06. The zero-order valence-electron chi connectivity index (χ0n) is 10.8. The van der Waals surface area contributed by atoms with Gasteiger partial charge in [0.15, 0.2) is 0 Å². The molecule has 0 saturated carbocycles. The first-order valence-electron chi connectivity index (χ1n) is 5.92. The quantitative estimate of drug-likeness (QED) is 0.651. The molecule has 0 heterocycles. The maximum absolute atomic E-state index is 9.81. The summed E-state index contributed by atoms with van der Waals surface area (Å²) >= 11 is 5.81. The molecule has 0 aliphatic carbocycles. The van der Waals surface area contributed by atoms with Gasteiger partial charge in [-0.05, 0) is 50.2 Å². The molecule has 0 atom stereocenters. The van der Waals surface area contributed by atoms with E-state index in [2.05, 4.69) is 10.5 Å². The van der Waals surface area contributed by atoms with E-state index in [9.17, 15) is 5.11 Å². The Hall–Kier alpha value is -2.00. The van der Waals surface area contributed by atoms with Gasteiger partial charge in [-0.15, -0.1) is 0 Å². The molecule has 0 aromatic heterocycles. The van der Waals surface area contributed by atoms with Crippen LogP contribution in [0.25, 0.3) is 0 Å². The molecular formula is C15H15ClN2O. The molecule has 0 fully saturated rings. The second-order valence-electron chi connectivity index (χ2n) is 4.34. The number of nitrogens with zero attached hydrogens (tertiary/aromatic N) is 1. The van der Waals surface area contributed by atoms with Gasteiger partial charge in [-0.1, -0.05) is 23.2 Å². The van der Waals surface area contributed by atoms with Crippen molar-refractivity contribution in [3.8, 4) is 5.75 Å². The molecule has 0 unspecified atom stereocenters. The van der Waals surface area contributed by atoms with Gasteiger partial charge in [0.05, 0.1) is 11.4 Å². The zero-order chi connectivity index (χ0) is 13.8. The van der Waals surface area contributed by atoms with Crippen molar-refractivity contribution in [2.75, 3.05) is 5.43 Å². The molecule has 19 heavy (non-hydrogen) atoms. The van der Waals surface area contributed by atoms with Crippen LogP contribution in [-0.4, -0.2) is 10.8 Å². The Morgan fingerprint density at radius 2 is 1.84 bits per heavy atom. The number of hydrogen-bond acceptors (Lipinski definition) is 3. The Kier molecular flexibility index (Phi) is 4.07. The van der Waals surface area contributed by atoms with Gasteiger partial charge in [-0.2, -0.15) is 5.10 Å². The number of benzene rings is 2. The fourth-order valence-corrected chi connectivity index (χ4v) is 1.80. The average molecular weight is 275 g/mol. The van der Waals surface area contributed by atoms with Crippen molar-refractivity contribution >= 4 is 23.0 Å². The lowest BCUT2D eigenvalue weighted by Gasteiger charge is -2.06. The molecule has 98 valence electrons. The standard InChI is InChI=1S/C15H15ClN2O/c1-10-3-8-15(19)14(9-10)11(2)17-18-13-6-4-12(16)5-7-13/h3-9,18-19H,1-2H3/b17-11+. The van der Waals surface area contributed by atoms with E-state index in [4.69, 9.17) is 11.6 Å². The van der Waals surface area contributed by atoms with Gasteiger partial charge in [0.25, 0.3) is 0 Å². The van der Waals surface area contributed by atoms with E-state index < -0.39 is 0 Å². The molecule has 3 nitrogen and oxygen atoms in total. The summed E-state index contributed by atoms with van der Waals surface area (Å²) in [7, 11) is 0. The molecule has 0 bridgehead atoms. The molecule has 0 aliphatic rings. The Morgan fingerprint density at radius 1 is 1.16 bits per heavy atom. The number of hydrazone groups is 1. The van der Waals surface area contributed by atoms with Crippen LogP contribution in [-0.2, 0) is 0 Å². The van der Waals surface area contributed by atoms with Crippen LogP contribution in [0.5, 0.6) is 5.75 Å². The summed E-state index contributed by atoms with van der Waals surface area (Å²) in [5, 5.41) is 14.8. The van der Waals surface area contributed by atoms with Crippen molar-refractivity contribution in [1.82, 2.24) is 0 Å². The van der Waals surface area contributed by atoms with E-state index >= 15 is 0 Å². The SMILES string of the molecule is C/C(=N\Nc1ccc(Cl)cc1)c1cc(C)ccc1O. The Labute approximate surface area is 117 Å². The molecule has 4 heteroatoms. The second kappa shape index (κ2) is 5.76. The maximum atomic E-state index is 9.81. The summed E-state index contributed by atoms with van der Waals surface area (Å²) in [6.07, 6.45) is 0. The number of phenolic OH excluding ortho intramolecular Hbond substituents is 1. The van der Waals surface area contributed by atoms with Gasteiger partial charge < -0.3 is 5.11 Å². The van der Waals surface area contributed by atoms with Crippen molar-refractivity contribution in [1.29, 1.82) is 0 Å². The number of hydrogen-bond donors (Lipinski definition) is 2. The lowest BCUT2D eigenvalue weighted by molar-refractivity contribution is 0.474. The number of anilines is 1. The molecule has 2 rings (SSSR count). The molecule has 0 spiro atoms. The molecule has 0 aliphatic heterocycles. The molecular weight excluding hydrogens is 260 g/mol. The molecule has 0 radical (unpaired) electrons. The minimum absolute atomic E-state index is 0.227. The van der Waals surface area contributed by atoms with E-state index in [-0.39, 0.29) is 5.75 Å². The molecule has 2 aromatic carbocycles. The summed E-state index contributed by atoms with van der Waals surface area (Å²) in [5.41, 5.74) is 6.30. The number of aromatic hydroxyl groups is 1. The Bertz CT molecular complexity index is 606. The Balaban J connectivity index is 2.19. The predicted octanol–water partition coefficient (Wildman–Crippen LogP) is 4.19. The lowest BCUT2D eigenvalue weighted by Crippen LogP contribution is -2.00. The van der Waals surface area contributed by atoms with Crippen LogP contribution >= 0.6 is 11.6 Å². The Morgan fingerprint density at radius 3 is 2.53 bits per heavy atom. The lowest BCUT2D eigenvalue weighted by atomic mass is 10.1. The van der Waals surface area contributed by atoms with Crippen LogP contribution in [0, 0.1) is 6.92 Å². The van der Waals surface area contributed by atoms with E-state index in [1.165, 1.54) is 0 Å². The van der Waals surface area contributed by atoms with Crippen LogP contribution in [0.4, 0.5) is 5.69 Å². The van der Waals surface area contributed by atoms with E-state index in [1.807, 2.05) is 38.1 Å². The van der Waals surface area contributed by atoms with E-state index in [1.54, 1.807) is 18.2 Å². The summed E-state index contributed by atoms with van der Waals surface area (Å²) in [6, 6.07) is 12.7. The van der Waals surface area contributed by atoms with Gasteiger partial charge in [0, 0.05) is 10.6 Å². The molecule has 0 saturated heterocycles. The van der Waals surface area contributed by atoms with Crippen molar-refractivity contribution in [2.45, 2.75) is 13.8 Å². The highest BCUT2D eigenvalue weighted by Gasteiger charge is 2.04. The van der Waals surface area contributed by atoms with Crippen molar-refractivity contribution in [3.05, 3.63) is 58.6 Å². The second-order valence-corrected chi connectivity index (χ2v) is 4.77. The zero-order valence-corrected chi connectivity index (χ0v) is 11.6. The van der Waals surface area contributed by atoms with Gasteiger partial charge in [-0.3, -0.25) is 5.43 Å². The largest absolute Gasteiger partial charge is 0.507 e. The van der Waals surface area contributed by atoms with Gasteiger partial charge in [-0.25, -0.2) is 0 Å². The van der Waals surface area contributed by atoms with Gasteiger partial charge >= 0.3 is 0 Å². The summed E-state index contributed by atoms with van der Waals surface area (Å²) in [5.74, 6) is 0.227. The average Bonchev–Trinajstić information content (AvgIpc) is 2.40. The highest BCUT2D eigenvalue weighted by atomic mass is 35.5. The van der Waals surface area contributed by atoms with Gasteiger partial charge in [0.1, 0.15) is 5.75 Å². The van der Waals surface area contributed by atoms with E-state index in [0.29, 0.717) is 5.02 Å². The normalized spacial score (nSPS) is 11.4. The van der Waals surface area contributed by atoms with Crippen LogP contribution < -0.4 is 5.43 Å². The monoisotopic (exact) mass is 274 g/mol. The van der Waals surface area contributed by atoms with Crippen LogP contribution in [0.1, 0.15) is 18.1 Å². The highest BCUT2D eigenvalue weighted by molar-refractivity contribution is 6.30. The number of rotatable bonds is 3. The first kappa shape index (κ1) is 13.4. The maximum Gasteiger partial charge on any atom is 0.124 e. The third kappa shape index (κ3) is 3.48. The molecule has 2 N–H and O–H groups in total. The smallest absolute Gasteiger partial charge is 0.124 e. The van der Waals surface area contributed by atoms with Crippen molar-refractivity contribution in [2.24, 2.45) is 5.10 Å². The van der Waals surface area contributed by atoms with Crippen LogP contribution in [0.3, 0.4) is 0 Å². The number of halogens is 1. The molecule has 2 aromatic rings. The topological polar surface area (TPSA) is 44.6 Å². The minimum atomic E-state index is 0.227. The minimum Gasteiger partial charge on any atom is -0.507 e. The predicted molar refractivity (Wildman–Crippen MR) is 80.1 cm³/mol. The van der Waals surface area contributed by atoms with Crippen molar-refractivity contribution in [3.63, 3.8) is 0 Å². The first-order valence-corrected chi connectivity index (χ1v) is 6.30. The fourth-order valence-electron chi connectivity index (χ4n) is 1.67. The molecule has 0 amide bonds. The van der Waals surface area contributed by atoms with Gasteiger partial charge in [0.2, 0.25) is 0 Å². The fraction of sp³-hybridized carbons (Fsp3) is 0.133.